The first kappa shape index (κ1) is 13.7. The van der Waals surface area contributed by atoms with Crippen molar-refractivity contribution in [3.05, 3.63) is 23.8 Å². The molecule has 0 saturated carbocycles. The van der Waals surface area contributed by atoms with Crippen molar-refractivity contribution < 1.29 is 19.0 Å². The first-order chi connectivity index (χ1) is 9.26. The molecule has 0 amide bonds. The van der Waals surface area contributed by atoms with Crippen molar-refractivity contribution in [2.24, 2.45) is 0 Å². The molecule has 1 aromatic carbocycles. The van der Waals surface area contributed by atoms with E-state index in [0.29, 0.717) is 19.7 Å². The van der Waals surface area contributed by atoms with Gasteiger partial charge in [-0.05, 0) is 37.1 Å². The summed E-state index contributed by atoms with van der Waals surface area (Å²) in [6.07, 6.45) is 0.697. The first-order valence-electron chi connectivity index (χ1n) is 6.36. The first-order valence-corrected chi connectivity index (χ1v) is 6.36. The number of ether oxygens (including phenoxy) is 3. The van der Waals surface area contributed by atoms with E-state index in [4.69, 9.17) is 14.2 Å². The third-order valence-corrected chi connectivity index (χ3v) is 3.23. The molecule has 0 fully saturated rings. The molecule has 0 bridgehead atoms. The zero-order valence-corrected chi connectivity index (χ0v) is 11.3. The highest BCUT2D eigenvalue weighted by Gasteiger charge is 2.24. The van der Waals surface area contributed by atoms with Crippen molar-refractivity contribution in [2.75, 3.05) is 31.8 Å². The van der Waals surface area contributed by atoms with Crippen LogP contribution in [0.2, 0.25) is 0 Å². The second-order valence-corrected chi connectivity index (χ2v) is 4.41. The highest BCUT2D eigenvalue weighted by atomic mass is 16.5. The lowest BCUT2D eigenvalue weighted by Gasteiger charge is -2.25. The van der Waals surface area contributed by atoms with Gasteiger partial charge in [0.2, 0.25) is 0 Å². The van der Waals surface area contributed by atoms with Crippen LogP contribution in [0.5, 0.6) is 5.75 Å². The monoisotopic (exact) mass is 265 g/mol. The number of rotatable bonds is 7. The van der Waals surface area contributed by atoms with Crippen LogP contribution in [-0.4, -0.2) is 39.6 Å². The fraction of sp³-hybridized carbons (Fsp3) is 0.500. The molecule has 1 unspecified atom stereocenters. The van der Waals surface area contributed by atoms with E-state index in [1.807, 2.05) is 25.1 Å². The van der Waals surface area contributed by atoms with Crippen molar-refractivity contribution in [3.8, 4) is 5.75 Å². The second kappa shape index (κ2) is 6.43. The van der Waals surface area contributed by atoms with Crippen LogP contribution in [0.4, 0.5) is 5.69 Å². The molecule has 1 heterocycles. The summed E-state index contributed by atoms with van der Waals surface area (Å²) in [4.78, 5) is 12.5. The molecule has 19 heavy (non-hydrogen) atoms. The van der Waals surface area contributed by atoms with Gasteiger partial charge in [-0.25, -0.2) is 0 Å². The molecule has 0 spiro atoms. The fourth-order valence-electron chi connectivity index (χ4n) is 2.27. The van der Waals surface area contributed by atoms with E-state index >= 15 is 0 Å². The van der Waals surface area contributed by atoms with E-state index in [1.165, 1.54) is 5.56 Å². The second-order valence-electron chi connectivity index (χ2n) is 4.41. The van der Waals surface area contributed by atoms with Crippen LogP contribution < -0.4 is 9.64 Å². The Bertz CT molecular complexity index is 435. The molecular formula is C14H19NO4. The lowest BCUT2D eigenvalue weighted by Crippen LogP contribution is -2.33. The van der Waals surface area contributed by atoms with Gasteiger partial charge in [0.05, 0.1) is 6.61 Å². The Morgan fingerprint density at radius 1 is 1.42 bits per heavy atom. The number of fused-ring (bicyclic) bond motifs is 1. The number of carbonyl (C=O) groups excluding carboxylic acids is 1. The molecule has 104 valence electrons. The summed E-state index contributed by atoms with van der Waals surface area (Å²) >= 11 is 0. The summed E-state index contributed by atoms with van der Waals surface area (Å²) in [6, 6.07) is 5.98. The Morgan fingerprint density at radius 2 is 2.26 bits per heavy atom. The average Bonchev–Trinajstić information content (AvgIpc) is 2.82. The fourth-order valence-corrected chi connectivity index (χ4v) is 2.27. The van der Waals surface area contributed by atoms with Gasteiger partial charge in [0, 0.05) is 19.3 Å². The van der Waals surface area contributed by atoms with Crippen LogP contribution in [-0.2, 0) is 20.7 Å². The van der Waals surface area contributed by atoms with Crippen LogP contribution in [0.3, 0.4) is 0 Å². The van der Waals surface area contributed by atoms with Gasteiger partial charge in [-0.1, -0.05) is 0 Å². The van der Waals surface area contributed by atoms with Crippen molar-refractivity contribution in [2.45, 2.75) is 19.6 Å². The molecule has 1 aliphatic heterocycles. The van der Waals surface area contributed by atoms with Crippen LogP contribution in [0.15, 0.2) is 18.2 Å². The predicted octanol–water partition coefficient (Wildman–Crippen LogP) is 1.59. The topological polar surface area (TPSA) is 48.0 Å². The summed E-state index contributed by atoms with van der Waals surface area (Å²) in [7, 11) is 1.65. The lowest BCUT2D eigenvalue weighted by atomic mass is 10.1. The normalized spacial score (nSPS) is 14.9. The van der Waals surface area contributed by atoms with E-state index < -0.39 is 0 Å². The quantitative estimate of drug-likeness (QED) is 0.553. The highest BCUT2D eigenvalue weighted by molar-refractivity contribution is 5.61. The number of benzene rings is 1. The van der Waals surface area contributed by atoms with Crippen molar-refractivity contribution >= 4 is 12.2 Å². The van der Waals surface area contributed by atoms with Gasteiger partial charge in [0.15, 0.2) is 6.23 Å². The Morgan fingerprint density at radius 3 is 3.00 bits per heavy atom. The maximum atomic E-state index is 10.4. The smallest absolute Gasteiger partial charge is 0.294 e. The van der Waals surface area contributed by atoms with E-state index in [2.05, 4.69) is 4.90 Å². The maximum absolute atomic E-state index is 10.4. The summed E-state index contributed by atoms with van der Waals surface area (Å²) in [5.74, 6) is 0.849. The van der Waals surface area contributed by atoms with Crippen LogP contribution in [0, 0.1) is 0 Å². The molecule has 1 aliphatic rings. The van der Waals surface area contributed by atoms with Crippen molar-refractivity contribution in [1.29, 1.82) is 0 Å². The van der Waals surface area contributed by atoms with E-state index in [0.717, 1.165) is 24.4 Å². The number of nitrogens with zero attached hydrogens (tertiary/aromatic N) is 1. The molecule has 0 saturated heterocycles. The zero-order valence-electron chi connectivity index (χ0n) is 11.3. The SMILES string of the molecule is COCCOc1ccc2c(c1)CCN2C(C)OC=O. The lowest BCUT2D eigenvalue weighted by molar-refractivity contribution is -0.132. The Labute approximate surface area is 113 Å². The number of methoxy groups -OCH3 is 1. The number of hydrogen-bond donors (Lipinski definition) is 0. The van der Waals surface area contributed by atoms with Crippen molar-refractivity contribution in [1.82, 2.24) is 0 Å². The van der Waals surface area contributed by atoms with Gasteiger partial charge >= 0.3 is 0 Å². The summed E-state index contributed by atoms with van der Waals surface area (Å²) < 4.78 is 15.5. The Hall–Kier alpha value is -1.75. The van der Waals surface area contributed by atoms with Gasteiger partial charge < -0.3 is 19.1 Å². The molecule has 0 N–H and O–H groups in total. The maximum Gasteiger partial charge on any atom is 0.294 e. The van der Waals surface area contributed by atoms with E-state index in [-0.39, 0.29) is 6.23 Å². The average molecular weight is 265 g/mol. The van der Waals surface area contributed by atoms with Crippen LogP contribution >= 0.6 is 0 Å². The molecule has 0 aromatic heterocycles. The summed E-state index contributed by atoms with van der Waals surface area (Å²) in [6.45, 7) is 4.33. The van der Waals surface area contributed by atoms with Crippen LogP contribution in [0.25, 0.3) is 0 Å². The van der Waals surface area contributed by atoms with Gasteiger partial charge in [-0.15, -0.1) is 0 Å². The van der Waals surface area contributed by atoms with E-state index in [9.17, 15) is 4.79 Å². The van der Waals surface area contributed by atoms with Crippen LogP contribution in [0.1, 0.15) is 12.5 Å². The highest BCUT2D eigenvalue weighted by Crippen LogP contribution is 2.32. The van der Waals surface area contributed by atoms with Gasteiger partial charge in [-0.2, -0.15) is 0 Å². The third-order valence-electron chi connectivity index (χ3n) is 3.23. The molecule has 2 rings (SSSR count). The number of hydrogen-bond acceptors (Lipinski definition) is 5. The van der Waals surface area contributed by atoms with Crippen molar-refractivity contribution in [3.63, 3.8) is 0 Å². The molecule has 0 radical (unpaired) electrons. The van der Waals surface area contributed by atoms with Gasteiger partial charge in [0.25, 0.3) is 6.47 Å². The number of carbonyl (C=O) groups is 1. The van der Waals surface area contributed by atoms with Gasteiger partial charge in [-0.3, -0.25) is 4.79 Å². The number of anilines is 1. The van der Waals surface area contributed by atoms with E-state index in [1.54, 1.807) is 7.11 Å². The third kappa shape index (κ3) is 3.17. The molecule has 1 aromatic rings. The van der Waals surface area contributed by atoms with Gasteiger partial charge in [0.1, 0.15) is 12.4 Å². The minimum Gasteiger partial charge on any atom is -0.491 e. The standard InChI is InChI=1S/C14H19NO4/c1-11(19-10-16)15-6-5-12-9-13(3-4-14(12)15)18-8-7-17-2/h3-4,9-11H,5-8H2,1-2H3. The molecule has 5 nitrogen and oxygen atoms in total. The Balaban J connectivity index is 2.04. The molecule has 1 atom stereocenters. The summed E-state index contributed by atoms with van der Waals surface area (Å²) in [5, 5.41) is 0. The molecule has 0 aliphatic carbocycles. The Kier molecular flexibility index (Phi) is 4.63. The minimum atomic E-state index is -0.237. The summed E-state index contributed by atoms with van der Waals surface area (Å²) in [5.41, 5.74) is 2.32. The largest absolute Gasteiger partial charge is 0.491 e. The molecular weight excluding hydrogens is 246 g/mol. The zero-order chi connectivity index (χ0) is 13.7. The molecule has 5 heteroatoms. The minimum absolute atomic E-state index is 0.237. The predicted molar refractivity (Wildman–Crippen MR) is 71.5 cm³/mol.